The van der Waals surface area contributed by atoms with Crippen LogP contribution in [0.25, 0.3) is 0 Å². The highest BCUT2D eigenvalue weighted by atomic mass is 32.2. The van der Waals surface area contributed by atoms with E-state index in [2.05, 4.69) is 9.46 Å². The summed E-state index contributed by atoms with van der Waals surface area (Å²) in [5, 5.41) is 1.74. The number of carbonyl (C=O) groups is 3. The number of carbonyl (C=O) groups excluding carboxylic acids is 3. The summed E-state index contributed by atoms with van der Waals surface area (Å²) in [6.45, 7) is 2.36. The van der Waals surface area contributed by atoms with Gasteiger partial charge in [-0.3, -0.25) is 14.9 Å². The summed E-state index contributed by atoms with van der Waals surface area (Å²) >= 11 is 0. The normalized spacial score (nSPS) is 12.3. The van der Waals surface area contributed by atoms with Gasteiger partial charge in [0.1, 0.15) is 6.54 Å². The van der Waals surface area contributed by atoms with Crippen LogP contribution in [-0.2, 0) is 24.3 Å². The average Bonchev–Trinajstić information content (AvgIpc) is 2.45. The Bertz CT molecular complexity index is 699. The lowest BCUT2D eigenvalue weighted by atomic mass is 10.2. The number of hydrogen-bond donors (Lipinski definition) is 3. The molecule has 23 heavy (non-hydrogen) atoms. The van der Waals surface area contributed by atoms with Gasteiger partial charge in [-0.05, 0) is 26.0 Å². The molecule has 3 amide bonds. The van der Waals surface area contributed by atoms with Gasteiger partial charge in [-0.25, -0.2) is 13.2 Å². The van der Waals surface area contributed by atoms with Gasteiger partial charge >= 0.3 is 12.0 Å². The van der Waals surface area contributed by atoms with Crippen molar-refractivity contribution < 1.29 is 27.5 Å². The number of imide groups is 1. The molecule has 126 valence electrons. The molecule has 0 aliphatic heterocycles. The number of nitrogens with two attached hydrogens (primary N) is 1. The van der Waals surface area contributed by atoms with Crippen molar-refractivity contribution in [3.8, 4) is 0 Å². The third kappa shape index (κ3) is 6.04. The maximum absolute atomic E-state index is 12.0. The van der Waals surface area contributed by atoms with Gasteiger partial charge in [0.2, 0.25) is 10.0 Å². The maximum atomic E-state index is 12.0. The van der Waals surface area contributed by atoms with E-state index in [9.17, 15) is 22.8 Å². The van der Waals surface area contributed by atoms with E-state index in [0.717, 1.165) is 5.56 Å². The van der Waals surface area contributed by atoms with Gasteiger partial charge in [0, 0.05) is 0 Å². The first-order valence-electron chi connectivity index (χ1n) is 6.48. The van der Waals surface area contributed by atoms with Crippen molar-refractivity contribution in [2.75, 3.05) is 6.54 Å². The number of aryl methyl sites for hydroxylation is 1. The number of amides is 3. The second-order valence-electron chi connectivity index (χ2n) is 4.62. The molecule has 0 aliphatic rings. The minimum atomic E-state index is -3.87. The summed E-state index contributed by atoms with van der Waals surface area (Å²) < 4.78 is 30.6. The Labute approximate surface area is 133 Å². The third-order valence-corrected chi connectivity index (χ3v) is 4.08. The van der Waals surface area contributed by atoms with E-state index in [0.29, 0.717) is 0 Å². The van der Waals surface area contributed by atoms with Crippen LogP contribution >= 0.6 is 0 Å². The van der Waals surface area contributed by atoms with E-state index in [1.54, 1.807) is 24.4 Å². The molecule has 0 saturated heterocycles. The summed E-state index contributed by atoms with van der Waals surface area (Å²) in [5.41, 5.74) is 5.64. The first-order chi connectivity index (χ1) is 10.6. The zero-order valence-electron chi connectivity index (χ0n) is 12.5. The number of hydrogen-bond acceptors (Lipinski definition) is 6. The predicted molar refractivity (Wildman–Crippen MR) is 79.6 cm³/mol. The Morgan fingerprint density at radius 2 is 1.78 bits per heavy atom. The Morgan fingerprint density at radius 3 is 2.30 bits per heavy atom. The lowest BCUT2D eigenvalue weighted by molar-refractivity contribution is -0.153. The molecule has 0 radical (unpaired) electrons. The number of benzene rings is 1. The van der Waals surface area contributed by atoms with Crippen LogP contribution in [0.2, 0.25) is 0 Å². The quantitative estimate of drug-likeness (QED) is 0.588. The van der Waals surface area contributed by atoms with Crippen molar-refractivity contribution in [2.24, 2.45) is 5.73 Å². The number of rotatable bonds is 6. The maximum Gasteiger partial charge on any atom is 0.321 e. The molecular formula is C13H17N3O6S. The molecule has 0 spiro atoms. The first kappa shape index (κ1) is 18.6. The van der Waals surface area contributed by atoms with Gasteiger partial charge < -0.3 is 10.5 Å². The number of nitrogens with one attached hydrogen (secondary N) is 2. The molecule has 9 nitrogen and oxygen atoms in total. The summed E-state index contributed by atoms with van der Waals surface area (Å²) in [6, 6.07) is 4.93. The molecule has 0 unspecified atom stereocenters. The van der Waals surface area contributed by atoms with Crippen LogP contribution < -0.4 is 15.8 Å². The summed E-state index contributed by atoms with van der Waals surface area (Å²) in [4.78, 5) is 33.3. The van der Waals surface area contributed by atoms with Crippen LogP contribution in [0.3, 0.4) is 0 Å². The molecular weight excluding hydrogens is 326 g/mol. The summed E-state index contributed by atoms with van der Waals surface area (Å²) in [7, 11) is -3.87. The number of esters is 1. The van der Waals surface area contributed by atoms with E-state index in [1.807, 2.05) is 0 Å². The monoisotopic (exact) mass is 343 g/mol. The highest BCUT2D eigenvalue weighted by Crippen LogP contribution is 2.09. The summed E-state index contributed by atoms with van der Waals surface area (Å²) in [5.74, 6) is -1.89. The van der Waals surface area contributed by atoms with Crippen LogP contribution in [-0.4, -0.2) is 39.0 Å². The van der Waals surface area contributed by atoms with Gasteiger partial charge in [0.25, 0.3) is 5.91 Å². The van der Waals surface area contributed by atoms with E-state index in [4.69, 9.17) is 5.73 Å². The molecule has 4 N–H and O–H groups in total. The highest BCUT2D eigenvalue weighted by molar-refractivity contribution is 7.89. The van der Waals surface area contributed by atoms with Gasteiger partial charge in [0.05, 0.1) is 4.90 Å². The lowest BCUT2D eigenvalue weighted by Gasteiger charge is -2.12. The zero-order valence-corrected chi connectivity index (χ0v) is 13.3. The van der Waals surface area contributed by atoms with Crippen LogP contribution in [0, 0.1) is 6.92 Å². The largest absolute Gasteiger partial charge is 0.452 e. The van der Waals surface area contributed by atoms with Crippen molar-refractivity contribution in [3.63, 3.8) is 0 Å². The Morgan fingerprint density at radius 1 is 1.22 bits per heavy atom. The predicted octanol–water partition coefficient (Wildman–Crippen LogP) is -0.600. The molecule has 1 aromatic carbocycles. The summed E-state index contributed by atoms with van der Waals surface area (Å²) in [6.07, 6.45) is -1.29. The van der Waals surface area contributed by atoms with Crippen LogP contribution in [0.15, 0.2) is 29.2 Å². The van der Waals surface area contributed by atoms with Crippen molar-refractivity contribution in [1.29, 1.82) is 0 Å². The number of sulfonamides is 1. The fourth-order valence-electron chi connectivity index (χ4n) is 1.47. The van der Waals surface area contributed by atoms with E-state index in [1.165, 1.54) is 19.1 Å². The minimum Gasteiger partial charge on any atom is -0.452 e. The van der Waals surface area contributed by atoms with Gasteiger partial charge in [-0.2, -0.15) is 4.72 Å². The van der Waals surface area contributed by atoms with E-state index in [-0.39, 0.29) is 4.90 Å². The van der Waals surface area contributed by atoms with Crippen molar-refractivity contribution in [2.45, 2.75) is 24.8 Å². The highest BCUT2D eigenvalue weighted by Gasteiger charge is 2.21. The molecule has 10 heteroatoms. The molecule has 0 saturated carbocycles. The second kappa shape index (κ2) is 7.70. The van der Waals surface area contributed by atoms with Crippen molar-refractivity contribution >= 4 is 27.9 Å². The number of primary amides is 1. The van der Waals surface area contributed by atoms with Gasteiger partial charge in [0.15, 0.2) is 6.10 Å². The zero-order chi connectivity index (χ0) is 17.6. The molecule has 1 aromatic rings. The molecule has 0 aromatic heterocycles. The molecule has 0 heterocycles. The van der Waals surface area contributed by atoms with E-state index >= 15 is 0 Å². The Kier molecular flexibility index (Phi) is 6.22. The van der Waals surface area contributed by atoms with E-state index < -0.39 is 40.6 Å². The van der Waals surface area contributed by atoms with Crippen molar-refractivity contribution in [1.82, 2.24) is 10.0 Å². The molecule has 0 bridgehead atoms. The molecule has 1 atom stereocenters. The standard InChI is InChI=1S/C13H17N3O6S/c1-8-3-5-10(6-4-8)23(20,21)15-7-11(17)22-9(2)12(18)16-13(14)19/h3-6,9,15H,7H2,1-2H3,(H3,14,16,18,19)/t9-/m1/s1. The average molecular weight is 343 g/mol. The van der Waals surface area contributed by atoms with Crippen LogP contribution in [0.4, 0.5) is 4.79 Å². The van der Waals surface area contributed by atoms with Gasteiger partial charge in [-0.1, -0.05) is 17.7 Å². The number of urea groups is 1. The smallest absolute Gasteiger partial charge is 0.321 e. The number of ether oxygens (including phenoxy) is 1. The van der Waals surface area contributed by atoms with Gasteiger partial charge in [-0.15, -0.1) is 0 Å². The molecule has 1 rings (SSSR count). The molecule has 0 aliphatic carbocycles. The SMILES string of the molecule is Cc1ccc(S(=O)(=O)NCC(=O)O[C@H](C)C(=O)NC(N)=O)cc1. The third-order valence-electron chi connectivity index (χ3n) is 2.66. The van der Waals surface area contributed by atoms with Crippen LogP contribution in [0.5, 0.6) is 0 Å². The Balaban J connectivity index is 2.57. The molecule has 0 fully saturated rings. The van der Waals surface area contributed by atoms with Crippen LogP contribution in [0.1, 0.15) is 12.5 Å². The first-order valence-corrected chi connectivity index (χ1v) is 7.96. The fourth-order valence-corrected chi connectivity index (χ4v) is 2.44. The minimum absolute atomic E-state index is 0.00424. The Hall–Kier alpha value is -2.46. The topological polar surface area (TPSA) is 145 Å². The lowest BCUT2D eigenvalue weighted by Crippen LogP contribution is -2.43. The second-order valence-corrected chi connectivity index (χ2v) is 6.39. The fraction of sp³-hybridized carbons (Fsp3) is 0.308. The van der Waals surface area contributed by atoms with Crippen molar-refractivity contribution in [3.05, 3.63) is 29.8 Å².